The van der Waals surface area contributed by atoms with Crippen molar-refractivity contribution in [1.29, 1.82) is 5.26 Å². The van der Waals surface area contributed by atoms with Crippen molar-refractivity contribution in [3.05, 3.63) is 155 Å². The van der Waals surface area contributed by atoms with Crippen molar-refractivity contribution in [2.45, 2.75) is 6.18 Å². The summed E-state index contributed by atoms with van der Waals surface area (Å²) in [6, 6.07) is 36.6. The molecule has 6 aromatic carbocycles. The topological polar surface area (TPSA) is 42.4 Å². The molecule has 0 aliphatic heterocycles. The second kappa shape index (κ2) is 10.6. The van der Waals surface area contributed by atoms with Crippen LogP contribution >= 0.6 is 0 Å². The Kier molecular flexibility index (Phi) is 6.34. The Morgan fingerprint density at radius 3 is 1.65 bits per heavy atom. The van der Waals surface area contributed by atoms with Gasteiger partial charge in [-0.15, -0.1) is 0 Å². The van der Waals surface area contributed by atoms with Crippen LogP contribution < -0.4 is 0 Å². The summed E-state index contributed by atoms with van der Waals surface area (Å²) >= 11 is 0. The van der Waals surface area contributed by atoms with Gasteiger partial charge < -0.3 is 9.13 Å². The van der Waals surface area contributed by atoms with Crippen LogP contribution in [0, 0.1) is 24.5 Å². The molecular formula is C40H20F3N5. The van der Waals surface area contributed by atoms with Gasteiger partial charge in [0.15, 0.2) is 11.4 Å². The Balaban J connectivity index is 1.58. The van der Waals surface area contributed by atoms with E-state index >= 15 is 13.2 Å². The number of para-hydroxylation sites is 2. The zero-order chi connectivity index (χ0) is 33.2. The molecule has 8 heteroatoms. The second-order valence-corrected chi connectivity index (χ2v) is 11.4. The maximum Gasteiger partial charge on any atom is 0.418 e. The summed E-state index contributed by atoms with van der Waals surface area (Å²) in [6.45, 7) is 15.3. The van der Waals surface area contributed by atoms with Crippen molar-refractivity contribution in [1.82, 2.24) is 9.13 Å². The summed E-state index contributed by atoms with van der Waals surface area (Å²) < 4.78 is 49.7. The molecule has 0 atom stereocenters. The van der Waals surface area contributed by atoms with Gasteiger partial charge in [-0.2, -0.15) is 18.4 Å². The molecule has 226 valence electrons. The van der Waals surface area contributed by atoms with E-state index in [1.807, 2.05) is 42.5 Å². The molecule has 0 N–H and O–H groups in total. The van der Waals surface area contributed by atoms with E-state index in [9.17, 15) is 5.26 Å². The minimum Gasteiger partial charge on any atom is -0.310 e. The summed E-state index contributed by atoms with van der Waals surface area (Å²) in [5, 5.41) is 12.9. The van der Waals surface area contributed by atoms with Crippen molar-refractivity contribution >= 4 is 55.0 Å². The second-order valence-electron chi connectivity index (χ2n) is 11.4. The van der Waals surface area contributed by atoms with Gasteiger partial charge in [0.2, 0.25) is 0 Å². The van der Waals surface area contributed by atoms with Crippen LogP contribution in [0.2, 0.25) is 0 Å². The lowest BCUT2D eigenvalue weighted by Crippen LogP contribution is -2.13. The lowest BCUT2D eigenvalue weighted by molar-refractivity contribution is -0.137. The summed E-state index contributed by atoms with van der Waals surface area (Å²) in [4.78, 5) is 7.16. The Hall–Kier alpha value is -6.82. The van der Waals surface area contributed by atoms with E-state index in [2.05, 4.69) is 15.8 Å². The van der Waals surface area contributed by atoms with Gasteiger partial charge in [0.25, 0.3) is 0 Å². The molecule has 0 spiro atoms. The van der Waals surface area contributed by atoms with E-state index in [0.29, 0.717) is 50.1 Å². The molecular weight excluding hydrogens is 607 g/mol. The number of hydrogen-bond donors (Lipinski definition) is 0. The van der Waals surface area contributed by atoms with Crippen molar-refractivity contribution in [3.8, 4) is 28.6 Å². The quantitative estimate of drug-likeness (QED) is 0.180. The molecule has 2 aromatic heterocycles. The van der Waals surface area contributed by atoms with E-state index in [-0.39, 0.29) is 11.4 Å². The van der Waals surface area contributed by atoms with Gasteiger partial charge in [-0.05, 0) is 54.1 Å². The fraction of sp³-hybridized carbons (Fsp3) is 0.0250. The first kappa shape index (κ1) is 28.6. The maximum absolute atomic E-state index is 15.5. The third kappa shape index (κ3) is 4.31. The predicted molar refractivity (Wildman–Crippen MR) is 183 cm³/mol. The molecule has 0 unspecified atom stereocenters. The summed E-state index contributed by atoms with van der Waals surface area (Å²) in [5.41, 5.74) is 3.57. The molecule has 0 aliphatic carbocycles. The molecule has 0 saturated heterocycles. The lowest BCUT2D eigenvalue weighted by Gasteiger charge is -2.22. The minimum absolute atomic E-state index is 0.112. The highest BCUT2D eigenvalue weighted by molar-refractivity contribution is 6.12. The number of aromatic nitrogens is 2. The van der Waals surface area contributed by atoms with Crippen LogP contribution in [-0.4, -0.2) is 9.13 Å². The van der Waals surface area contributed by atoms with Gasteiger partial charge in [0.1, 0.15) is 0 Å². The van der Waals surface area contributed by atoms with Crippen molar-refractivity contribution in [3.63, 3.8) is 0 Å². The molecule has 0 aliphatic rings. The van der Waals surface area contributed by atoms with Crippen LogP contribution in [0.25, 0.3) is 75.8 Å². The number of nitrogens with zero attached hydrogens (tertiary/aromatic N) is 5. The average Bonchev–Trinajstić information content (AvgIpc) is 3.62. The zero-order valence-corrected chi connectivity index (χ0v) is 24.9. The molecule has 5 nitrogen and oxygen atoms in total. The first-order valence-corrected chi connectivity index (χ1v) is 14.9. The SMILES string of the molecule is [C-]#[N+]c1ccc2c3ccccc3n(-c3cc(C(F)(F)F)c(-n4c5ccccc5c5ccc([N+]#[C-])cc54)cc3-c3cccc(C#N)c3)c2c1. The standard InChI is InChI=1S/C40H20F3N5/c1-45-26-14-16-30-28-10-3-5-12-34(28)47(36(30)19-26)38-22-33(40(41,42)43)39(21-32(38)25-9-7-8-24(18-25)23-44)48-35-13-6-4-11-29(35)31-17-15-27(46-2)20-37(31)48/h3-22H. The number of rotatable bonds is 3. The molecule has 48 heavy (non-hydrogen) atoms. The van der Waals surface area contributed by atoms with Crippen molar-refractivity contribution in [2.24, 2.45) is 0 Å². The smallest absolute Gasteiger partial charge is 0.310 e. The van der Waals surface area contributed by atoms with Gasteiger partial charge in [0, 0.05) is 38.1 Å². The van der Waals surface area contributed by atoms with Crippen LogP contribution in [0.5, 0.6) is 0 Å². The van der Waals surface area contributed by atoms with E-state index in [0.717, 1.165) is 21.5 Å². The monoisotopic (exact) mass is 627 g/mol. The Bertz CT molecular complexity index is 2760. The van der Waals surface area contributed by atoms with E-state index in [1.165, 1.54) is 12.1 Å². The van der Waals surface area contributed by atoms with Crippen molar-refractivity contribution < 1.29 is 13.2 Å². The number of hydrogen-bond acceptors (Lipinski definition) is 1. The number of halogens is 3. The number of fused-ring (bicyclic) bond motifs is 6. The van der Waals surface area contributed by atoms with Gasteiger partial charge in [-0.1, -0.05) is 72.8 Å². The summed E-state index contributed by atoms with van der Waals surface area (Å²) in [5.74, 6) is 0. The Morgan fingerprint density at radius 1 is 0.562 bits per heavy atom. The van der Waals surface area contributed by atoms with Crippen molar-refractivity contribution in [2.75, 3.05) is 0 Å². The zero-order valence-electron chi connectivity index (χ0n) is 24.9. The predicted octanol–water partition coefficient (Wildman–Crippen LogP) is 11.5. The van der Waals surface area contributed by atoms with Gasteiger partial charge >= 0.3 is 6.18 Å². The minimum atomic E-state index is -4.79. The normalized spacial score (nSPS) is 11.6. The Morgan fingerprint density at radius 2 is 1.10 bits per heavy atom. The van der Waals surface area contributed by atoms with Gasteiger partial charge in [0.05, 0.1) is 52.7 Å². The third-order valence-corrected chi connectivity index (χ3v) is 8.78. The first-order chi connectivity index (χ1) is 23.3. The van der Waals surface area contributed by atoms with Gasteiger partial charge in [-0.25, -0.2) is 9.69 Å². The van der Waals surface area contributed by atoms with E-state index in [1.54, 1.807) is 75.9 Å². The number of benzene rings is 6. The highest BCUT2D eigenvalue weighted by Gasteiger charge is 2.36. The lowest BCUT2D eigenvalue weighted by atomic mass is 9.97. The molecule has 2 heterocycles. The summed E-state index contributed by atoms with van der Waals surface area (Å²) in [7, 11) is 0. The van der Waals surface area contributed by atoms with Gasteiger partial charge in [-0.3, -0.25) is 0 Å². The van der Waals surface area contributed by atoms with Crippen LogP contribution in [-0.2, 0) is 6.18 Å². The molecule has 8 rings (SSSR count). The molecule has 0 radical (unpaired) electrons. The molecule has 8 aromatic rings. The third-order valence-electron chi connectivity index (χ3n) is 8.78. The van der Waals surface area contributed by atoms with Crippen LogP contribution in [0.15, 0.2) is 121 Å². The number of alkyl halides is 3. The Labute approximate surface area is 272 Å². The fourth-order valence-corrected chi connectivity index (χ4v) is 6.74. The first-order valence-electron chi connectivity index (χ1n) is 14.9. The van der Waals surface area contributed by atoms with E-state index in [4.69, 9.17) is 13.1 Å². The maximum atomic E-state index is 15.5. The highest BCUT2D eigenvalue weighted by atomic mass is 19.4. The van der Waals surface area contributed by atoms with Crippen LogP contribution in [0.4, 0.5) is 24.5 Å². The number of nitriles is 1. The molecule has 0 saturated carbocycles. The molecule has 0 amide bonds. The van der Waals surface area contributed by atoms with E-state index < -0.39 is 11.7 Å². The largest absolute Gasteiger partial charge is 0.418 e. The average molecular weight is 628 g/mol. The molecule has 0 fully saturated rings. The summed E-state index contributed by atoms with van der Waals surface area (Å²) in [6.07, 6.45) is -4.79. The van der Waals surface area contributed by atoms with Crippen LogP contribution in [0.3, 0.4) is 0 Å². The highest BCUT2D eigenvalue weighted by Crippen LogP contribution is 2.45. The fourth-order valence-electron chi connectivity index (χ4n) is 6.74. The van der Waals surface area contributed by atoms with Crippen LogP contribution in [0.1, 0.15) is 11.1 Å². The molecule has 0 bridgehead atoms.